The molecule has 4 amide bonds. The van der Waals surface area contributed by atoms with Crippen LogP contribution in [-0.2, 0) is 29.1 Å². The van der Waals surface area contributed by atoms with E-state index >= 15 is 9.59 Å². The molecule has 3 aliphatic carbocycles. The summed E-state index contributed by atoms with van der Waals surface area (Å²) in [6.45, 7) is 0. The number of hydrogen-bond acceptors (Lipinski definition) is 13. The molecule has 5 aliphatic rings. The molecule has 1 aromatic carbocycles. The summed E-state index contributed by atoms with van der Waals surface area (Å²) >= 11 is 1.38. The van der Waals surface area contributed by atoms with Gasteiger partial charge in [0.05, 0.1) is 23.9 Å². The van der Waals surface area contributed by atoms with Gasteiger partial charge in [-0.05, 0) is 105 Å². The predicted octanol–water partition coefficient (Wildman–Crippen LogP) is 5.89. The first-order chi connectivity index (χ1) is 30.5. The summed E-state index contributed by atoms with van der Waals surface area (Å²) in [5, 5.41) is 7.07. The monoisotopic (exact) mass is 897 g/mol. The van der Waals surface area contributed by atoms with Gasteiger partial charge in [0.2, 0.25) is 27.7 Å². The number of methoxy groups -OCH3 is 1. The first kappa shape index (κ1) is 42.7. The molecule has 2 aliphatic heterocycles. The molecule has 6 atom stereocenters. The van der Waals surface area contributed by atoms with E-state index in [0.717, 1.165) is 38.5 Å². The largest absolute Gasteiger partial charge is 0.497 e. The highest BCUT2D eigenvalue weighted by molar-refractivity contribution is 7.91. The number of sulfonamides is 1. The van der Waals surface area contributed by atoms with Crippen molar-refractivity contribution in [1.29, 1.82) is 0 Å². The van der Waals surface area contributed by atoms with Gasteiger partial charge in [-0.25, -0.2) is 18.2 Å². The van der Waals surface area contributed by atoms with Crippen molar-refractivity contribution in [3.8, 4) is 23.1 Å². The van der Waals surface area contributed by atoms with Gasteiger partial charge in [-0.3, -0.25) is 24.1 Å². The first-order valence-corrected chi connectivity index (χ1v) is 24.3. The molecule has 5 heterocycles. The molecule has 9 rings (SSSR count). The summed E-state index contributed by atoms with van der Waals surface area (Å²) in [5.41, 5.74) is 0.191. The topological polar surface area (TPSA) is 208 Å². The lowest BCUT2D eigenvalue weighted by Gasteiger charge is -2.35. The molecule has 63 heavy (non-hydrogen) atoms. The molecule has 4 unspecified atom stereocenters. The van der Waals surface area contributed by atoms with E-state index in [0.29, 0.717) is 58.7 Å². The number of alkyl carbamates (subject to hydrolysis) is 1. The van der Waals surface area contributed by atoms with E-state index in [1.807, 2.05) is 29.7 Å². The Morgan fingerprint density at radius 2 is 1.75 bits per heavy atom. The summed E-state index contributed by atoms with van der Waals surface area (Å²) in [6.07, 6.45) is 11.1. The van der Waals surface area contributed by atoms with E-state index in [4.69, 9.17) is 24.2 Å². The van der Waals surface area contributed by atoms with Crippen LogP contribution in [0.1, 0.15) is 95.1 Å². The van der Waals surface area contributed by atoms with E-state index in [1.54, 1.807) is 49.7 Å². The van der Waals surface area contributed by atoms with Crippen molar-refractivity contribution < 1.29 is 41.8 Å². The number of pyridine rings is 1. The molecule has 18 heteroatoms. The fourth-order valence-electron chi connectivity index (χ4n) is 9.10. The van der Waals surface area contributed by atoms with Crippen LogP contribution in [0.15, 0.2) is 72.3 Å². The van der Waals surface area contributed by atoms with Gasteiger partial charge < -0.3 is 29.7 Å². The molecule has 3 N–H and O–H groups in total. The zero-order valence-electron chi connectivity index (χ0n) is 34.9. The van der Waals surface area contributed by atoms with Crippen molar-refractivity contribution in [3.05, 3.63) is 77.8 Å². The highest BCUT2D eigenvalue weighted by atomic mass is 32.2. The Balaban J connectivity index is 1.13. The molecule has 0 radical (unpaired) electrons. The van der Waals surface area contributed by atoms with Gasteiger partial charge in [0.25, 0.3) is 5.91 Å². The number of ether oxygens (including phenoxy) is 3. The molecule has 1 saturated heterocycles. The van der Waals surface area contributed by atoms with E-state index in [2.05, 4.69) is 20.3 Å². The van der Waals surface area contributed by atoms with Gasteiger partial charge in [-0.2, -0.15) is 4.98 Å². The maximum Gasteiger partial charge on any atom is 0.408 e. The third-order valence-corrected chi connectivity index (χ3v) is 15.5. The second-order valence-corrected chi connectivity index (χ2v) is 20.0. The molecule has 3 aromatic heterocycles. The molecular formula is C45H51N7O9S2. The van der Waals surface area contributed by atoms with Crippen LogP contribution in [0, 0.1) is 5.92 Å². The third-order valence-electron chi connectivity index (χ3n) is 12.7. The number of carbonyl (C=O) groups is 4. The van der Waals surface area contributed by atoms with Crippen molar-refractivity contribution in [2.24, 2.45) is 5.92 Å². The van der Waals surface area contributed by atoms with Crippen LogP contribution in [0.3, 0.4) is 0 Å². The summed E-state index contributed by atoms with van der Waals surface area (Å²) < 4.78 is 47.3. The second-order valence-electron chi connectivity index (χ2n) is 17.1. The second kappa shape index (κ2) is 17.9. The fourth-order valence-corrected chi connectivity index (χ4v) is 11.2. The minimum absolute atomic E-state index is 0.0537. The summed E-state index contributed by atoms with van der Waals surface area (Å²) in [6, 6.07) is 11.1. The maximum atomic E-state index is 15.5. The lowest BCUT2D eigenvalue weighted by atomic mass is 10.00. The summed E-state index contributed by atoms with van der Waals surface area (Å²) in [5.74, 6) is -1.35. The van der Waals surface area contributed by atoms with E-state index in [1.165, 1.54) is 16.2 Å². The summed E-state index contributed by atoms with van der Waals surface area (Å²) in [7, 11) is -2.40. The highest BCUT2D eigenvalue weighted by Gasteiger charge is 2.63. The average molecular weight is 898 g/mol. The van der Waals surface area contributed by atoms with Crippen LogP contribution < -0.4 is 24.8 Å². The average Bonchev–Trinajstić information content (AvgIpc) is 4.07. The van der Waals surface area contributed by atoms with E-state index in [9.17, 15) is 18.0 Å². The van der Waals surface area contributed by atoms with Crippen molar-refractivity contribution in [3.63, 3.8) is 0 Å². The van der Waals surface area contributed by atoms with Crippen LogP contribution in [0.4, 0.5) is 4.79 Å². The Morgan fingerprint density at radius 3 is 2.49 bits per heavy atom. The molecule has 0 spiro atoms. The van der Waals surface area contributed by atoms with Crippen LogP contribution in [0.5, 0.6) is 11.6 Å². The molecule has 4 fully saturated rings. The standard InChI is InChI=1S/C45H51N7O9S2/c1-59-29-18-16-27(17-19-29)37-36(61-41-38-32(22-24-62-38)47-39(49-41)33-14-9-10-23-46-33)25-35-40(53)50-45(43(55)51-63(57,58)31-20-21-31)26-28(45)11-5-3-2-4-6-15-34(42(54)52(35)37)48-44(56)60-30-12-7-8-13-30/h5,9-11,14,16-19,22-24,28,30-31,34-37H,2-4,6-8,12-13,15,20-21,25-26H2,1H3,(H,48,56)(H,50,53)(H,51,55)/b11-5-/t28?,34?,35?,36-,37+,45?/m1/s1. The molecular weight excluding hydrogens is 847 g/mol. The normalized spacial score (nSPS) is 27.3. The molecule has 16 nitrogen and oxygen atoms in total. The fraction of sp³-hybridized carbons (Fsp3) is 0.489. The van der Waals surface area contributed by atoms with Gasteiger partial charge in [0.1, 0.15) is 46.0 Å². The number of aromatic nitrogens is 3. The van der Waals surface area contributed by atoms with Crippen LogP contribution >= 0.6 is 11.3 Å². The maximum absolute atomic E-state index is 15.5. The first-order valence-electron chi connectivity index (χ1n) is 21.8. The summed E-state index contributed by atoms with van der Waals surface area (Å²) in [4.78, 5) is 73.7. The van der Waals surface area contributed by atoms with Gasteiger partial charge in [-0.1, -0.05) is 43.2 Å². The molecule has 3 saturated carbocycles. The van der Waals surface area contributed by atoms with Crippen LogP contribution in [-0.4, -0.2) is 94.3 Å². The Kier molecular flexibility index (Phi) is 12.1. The number of carbonyl (C=O) groups excluding carboxylic acids is 4. The number of amides is 4. The number of thiophene rings is 1. The number of nitrogens with zero attached hydrogens (tertiary/aromatic N) is 4. The third kappa shape index (κ3) is 9.10. The Bertz CT molecular complexity index is 2490. The predicted molar refractivity (Wildman–Crippen MR) is 233 cm³/mol. The van der Waals surface area contributed by atoms with E-state index in [-0.39, 0.29) is 31.2 Å². The van der Waals surface area contributed by atoms with Gasteiger partial charge in [0, 0.05) is 18.5 Å². The SMILES string of the molecule is COc1ccc([C@H]2[C@H](Oc3nc(-c4ccccn4)nc4ccsc34)CC3C(=O)NC4(C(=O)NS(=O)(=O)C5CC5)CC4/C=C\CCCCCC(NC(=O)OC4CCCC4)C(=O)N32)cc1. The molecule has 0 bridgehead atoms. The van der Waals surface area contributed by atoms with Crippen molar-refractivity contribution in [1.82, 2.24) is 35.2 Å². The number of hydrogen-bond donors (Lipinski definition) is 3. The highest BCUT2D eigenvalue weighted by Crippen LogP contribution is 2.47. The van der Waals surface area contributed by atoms with Crippen LogP contribution in [0.2, 0.25) is 0 Å². The van der Waals surface area contributed by atoms with Crippen molar-refractivity contribution in [2.45, 2.75) is 125 Å². The zero-order chi connectivity index (χ0) is 43.7. The number of rotatable bonds is 10. The van der Waals surface area contributed by atoms with Crippen molar-refractivity contribution in [2.75, 3.05) is 7.11 Å². The number of fused-ring (bicyclic) bond motifs is 3. The Morgan fingerprint density at radius 1 is 0.952 bits per heavy atom. The number of benzene rings is 1. The minimum atomic E-state index is -3.95. The Hall–Kier alpha value is -5.62. The van der Waals surface area contributed by atoms with Gasteiger partial charge in [-0.15, -0.1) is 11.3 Å². The molecule has 4 aromatic rings. The lowest BCUT2D eigenvalue weighted by Crippen LogP contribution is -2.58. The molecule has 332 valence electrons. The van der Waals surface area contributed by atoms with Crippen molar-refractivity contribution >= 4 is 55.4 Å². The van der Waals surface area contributed by atoms with E-state index < -0.39 is 74.8 Å². The minimum Gasteiger partial charge on any atom is -0.497 e. The Labute approximate surface area is 369 Å². The quantitative estimate of drug-likeness (QED) is 0.159. The smallest absolute Gasteiger partial charge is 0.408 e. The number of nitrogens with one attached hydrogen (secondary N) is 3. The number of allylic oxidation sites excluding steroid dienone is 1. The lowest BCUT2D eigenvalue weighted by molar-refractivity contribution is -0.143. The van der Waals surface area contributed by atoms with Gasteiger partial charge in [0.15, 0.2) is 5.82 Å². The van der Waals surface area contributed by atoms with Gasteiger partial charge >= 0.3 is 6.09 Å². The zero-order valence-corrected chi connectivity index (χ0v) is 36.6. The van der Waals surface area contributed by atoms with Crippen LogP contribution in [0.25, 0.3) is 21.7 Å².